The Labute approximate surface area is 211 Å². The fraction of sp³-hybridized carbons (Fsp3) is 0.565. The lowest BCUT2D eigenvalue weighted by Gasteiger charge is -2.39. The first-order valence-corrected chi connectivity index (χ1v) is 11.9. The van der Waals surface area contributed by atoms with Crippen molar-refractivity contribution in [3.63, 3.8) is 0 Å². The van der Waals surface area contributed by atoms with Gasteiger partial charge in [-0.1, -0.05) is 22.8 Å². The van der Waals surface area contributed by atoms with Crippen LogP contribution in [0.25, 0.3) is 0 Å². The van der Waals surface area contributed by atoms with Crippen molar-refractivity contribution in [2.45, 2.75) is 38.3 Å². The van der Waals surface area contributed by atoms with Crippen LogP contribution in [0.5, 0.6) is 0 Å². The molecule has 4 rings (SSSR count). The predicted octanol–water partition coefficient (Wildman–Crippen LogP) is -0.240. The fourth-order valence-corrected chi connectivity index (χ4v) is 4.78. The number of nitrogens with zero attached hydrogens (tertiary/aromatic N) is 5. The second-order valence-corrected chi connectivity index (χ2v) is 9.16. The summed E-state index contributed by atoms with van der Waals surface area (Å²) in [6.45, 7) is 3.11. The van der Waals surface area contributed by atoms with Crippen LogP contribution < -0.4 is 37.6 Å². The molecule has 1 fully saturated rings. The number of likely N-dealkylation sites (tertiary alicyclic amines) is 1. The molecule has 37 heavy (non-hydrogen) atoms. The molecule has 14 heteroatoms. The number of hydroxylamine groups is 1. The highest BCUT2D eigenvalue weighted by molar-refractivity contribution is 5.72. The summed E-state index contributed by atoms with van der Waals surface area (Å²) < 4.78 is 42.1. The standard InChI is InChI=1S/C23H31F3N8O3/c1-4-5-12-33-18-19(29-21(33)32-11-6-8-15(27)14-32)31(3)22(36)34(20(18)35)37-28-13-17-16(23(24,25)26)9-7-10-30(17)2/h7,9,15,21,28-29H,6,8,10-14,27H2,1-3H3. The SMILES string of the molecule is CC#CCN1c2c(n(C)c(=O)n(ONCC3=C(C(F)(F)F)C=CCN3C)c2=O)NC1N1CCCC(N)C1. The maximum Gasteiger partial charge on any atom is 0.418 e. The monoisotopic (exact) mass is 524 g/mol. The number of fused-ring (bicyclic) bond motifs is 1. The number of hydrogen-bond donors (Lipinski definition) is 3. The number of rotatable bonds is 6. The van der Waals surface area contributed by atoms with Crippen molar-refractivity contribution in [1.82, 2.24) is 24.6 Å². The minimum absolute atomic E-state index is 0.0185. The van der Waals surface area contributed by atoms with E-state index < -0.39 is 29.3 Å². The number of anilines is 2. The van der Waals surface area contributed by atoms with Crippen molar-refractivity contribution in [3.05, 3.63) is 44.3 Å². The molecule has 0 bridgehead atoms. The summed E-state index contributed by atoms with van der Waals surface area (Å²) in [5.74, 6) is 6.08. The van der Waals surface area contributed by atoms with E-state index in [-0.39, 0.29) is 37.1 Å². The van der Waals surface area contributed by atoms with Crippen molar-refractivity contribution in [2.75, 3.05) is 50.0 Å². The van der Waals surface area contributed by atoms with Crippen LogP contribution in [-0.2, 0) is 7.05 Å². The molecule has 1 saturated heterocycles. The van der Waals surface area contributed by atoms with Gasteiger partial charge in [-0.15, -0.1) is 11.4 Å². The number of piperidine rings is 1. The van der Waals surface area contributed by atoms with E-state index in [9.17, 15) is 22.8 Å². The van der Waals surface area contributed by atoms with Gasteiger partial charge in [0.1, 0.15) is 5.82 Å². The van der Waals surface area contributed by atoms with Crippen LogP contribution in [0.3, 0.4) is 0 Å². The number of hydrogen-bond acceptors (Lipinski definition) is 9. The normalized spacial score (nSPS) is 22.0. The third-order valence-electron chi connectivity index (χ3n) is 6.65. The average Bonchev–Trinajstić information content (AvgIpc) is 3.23. The van der Waals surface area contributed by atoms with E-state index in [2.05, 4.69) is 27.5 Å². The number of aromatic nitrogens is 2. The number of nitrogens with one attached hydrogen (secondary N) is 2. The van der Waals surface area contributed by atoms with Gasteiger partial charge in [0.05, 0.1) is 18.7 Å². The van der Waals surface area contributed by atoms with Gasteiger partial charge in [0.2, 0.25) is 0 Å². The largest absolute Gasteiger partial charge is 0.418 e. The lowest BCUT2D eigenvalue weighted by molar-refractivity contribution is -0.0910. The van der Waals surface area contributed by atoms with Gasteiger partial charge in [-0.2, -0.15) is 13.2 Å². The summed E-state index contributed by atoms with van der Waals surface area (Å²) in [6.07, 6.45) is -0.831. The van der Waals surface area contributed by atoms with Crippen LogP contribution in [0.4, 0.5) is 24.7 Å². The Kier molecular flexibility index (Phi) is 7.58. The maximum atomic E-state index is 13.5. The van der Waals surface area contributed by atoms with E-state index in [1.165, 1.54) is 29.6 Å². The Morgan fingerprint density at radius 2 is 2.05 bits per heavy atom. The Hall–Kier alpha value is -3.41. The Morgan fingerprint density at radius 3 is 2.73 bits per heavy atom. The highest BCUT2D eigenvalue weighted by Crippen LogP contribution is 2.33. The Morgan fingerprint density at radius 1 is 1.30 bits per heavy atom. The van der Waals surface area contributed by atoms with Crippen molar-refractivity contribution in [3.8, 4) is 11.8 Å². The molecular weight excluding hydrogens is 493 g/mol. The molecule has 0 aliphatic carbocycles. The van der Waals surface area contributed by atoms with E-state index in [1.54, 1.807) is 11.8 Å². The van der Waals surface area contributed by atoms with E-state index >= 15 is 0 Å². The number of halogens is 3. The van der Waals surface area contributed by atoms with Gasteiger partial charge in [-0.25, -0.2) is 4.79 Å². The molecular formula is C23H31F3N8O3. The van der Waals surface area contributed by atoms with Gasteiger partial charge in [0, 0.05) is 45.5 Å². The molecule has 0 aromatic carbocycles. The van der Waals surface area contributed by atoms with Crippen LogP contribution in [0.15, 0.2) is 33.0 Å². The highest BCUT2D eigenvalue weighted by Gasteiger charge is 2.40. The summed E-state index contributed by atoms with van der Waals surface area (Å²) in [7, 11) is 2.99. The number of allylic oxidation sites excluding steroid dienone is 2. The summed E-state index contributed by atoms with van der Waals surface area (Å²) in [5, 5.41) is 3.25. The molecule has 0 saturated carbocycles. The van der Waals surface area contributed by atoms with E-state index in [0.717, 1.165) is 25.5 Å². The minimum Gasteiger partial charge on any atom is -0.373 e. The van der Waals surface area contributed by atoms with Crippen molar-refractivity contribution in [2.24, 2.45) is 12.8 Å². The minimum atomic E-state index is -4.57. The summed E-state index contributed by atoms with van der Waals surface area (Å²) in [5.41, 5.74) is 6.23. The van der Waals surface area contributed by atoms with Crippen molar-refractivity contribution >= 4 is 11.5 Å². The van der Waals surface area contributed by atoms with Crippen LogP contribution >= 0.6 is 0 Å². The van der Waals surface area contributed by atoms with Gasteiger partial charge in [-0.05, 0) is 19.8 Å². The molecule has 202 valence electrons. The lowest BCUT2D eigenvalue weighted by Crippen LogP contribution is -2.56. The molecule has 4 heterocycles. The third-order valence-corrected chi connectivity index (χ3v) is 6.65. The summed E-state index contributed by atoms with van der Waals surface area (Å²) in [6, 6.07) is -0.0185. The lowest BCUT2D eigenvalue weighted by atomic mass is 10.1. The first-order chi connectivity index (χ1) is 17.5. The maximum absolute atomic E-state index is 13.5. The molecule has 11 nitrogen and oxygen atoms in total. The second kappa shape index (κ2) is 10.5. The van der Waals surface area contributed by atoms with Crippen LogP contribution in [0.1, 0.15) is 19.8 Å². The molecule has 2 unspecified atom stereocenters. The zero-order valence-electron chi connectivity index (χ0n) is 20.9. The van der Waals surface area contributed by atoms with Gasteiger partial charge in [-0.3, -0.25) is 14.3 Å². The van der Waals surface area contributed by atoms with E-state index in [4.69, 9.17) is 10.7 Å². The second-order valence-electron chi connectivity index (χ2n) is 9.16. The number of likely N-dealkylation sites (N-methyl/N-ethyl adjacent to an activating group) is 1. The Bertz CT molecular complexity index is 1270. The van der Waals surface area contributed by atoms with Crippen LogP contribution in [-0.4, -0.2) is 77.4 Å². The van der Waals surface area contributed by atoms with Crippen LogP contribution in [0.2, 0.25) is 0 Å². The van der Waals surface area contributed by atoms with Gasteiger partial charge in [0.25, 0.3) is 0 Å². The van der Waals surface area contributed by atoms with Gasteiger partial charge < -0.3 is 25.8 Å². The fourth-order valence-electron chi connectivity index (χ4n) is 4.78. The molecule has 1 aromatic rings. The Balaban J connectivity index is 1.64. The molecule has 2 atom stereocenters. The molecule has 0 radical (unpaired) electrons. The number of alkyl halides is 3. The van der Waals surface area contributed by atoms with Gasteiger partial charge in [0.15, 0.2) is 12.0 Å². The summed E-state index contributed by atoms with van der Waals surface area (Å²) >= 11 is 0. The first-order valence-electron chi connectivity index (χ1n) is 11.9. The first kappa shape index (κ1) is 26.6. The quantitative estimate of drug-likeness (QED) is 0.343. The summed E-state index contributed by atoms with van der Waals surface area (Å²) in [4.78, 5) is 37.0. The number of nitrogens with two attached hydrogens (primary N) is 1. The molecule has 1 aromatic heterocycles. The molecule has 3 aliphatic rings. The topological polar surface area (TPSA) is 113 Å². The third kappa shape index (κ3) is 5.20. The van der Waals surface area contributed by atoms with Crippen LogP contribution in [0, 0.1) is 11.8 Å². The average molecular weight is 525 g/mol. The molecule has 4 N–H and O–H groups in total. The molecule has 0 spiro atoms. The zero-order chi connectivity index (χ0) is 26.9. The molecule has 0 amide bonds. The predicted molar refractivity (Wildman–Crippen MR) is 132 cm³/mol. The van der Waals surface area contributed by atoms with Crippen molar-refractivity contribution in [1.29, 1.82) is 0 Å². The zero-order valence-corrected chi connectivity index (χ0v) is 20.9. The molecule has 3 aliphatic heterocycles. The van der Waals surface area contributed by atoms with E-state index in [1.807, 2.05) is 0 Å². The van der Waals surface area contributed by atoms with Gasteiger partial charge >= 0.3 is 17.4 Å². The van der Waals surface area contributed by atoms with E-state index in [0.29, 0.717) is 17.1 Å². The smallest absolute Gasteiger partial charge is 0.373 e. The van der Waals surface area contributed by atoms with Crippen molar-refractivity contribution < 1.29 is 18.1 Å². The highest BCUT2D eigenvalue weighted by atomic mass is 19.4.